The zero-order valence-electron chi connectivity index (χ0n) is 11.4. The summed E-state index contributed by atoms with van der Waals surface area (Å²) in [6, 6.07) is 2.34. The fraction of sp³-hybridized carbons (Fsp3) is 1.00. The molecule has 1 aliphatic heterocycles. The fourth-order valence-electron chi connectivity index (χ4n) is 3.84. The average Bonchev–Trinajstić information content (AvgIpc) is 2.58. The maximum Gasteiger partial charge on any atom is 0.0149 e. The lowest BCUT2D eigenvalue weighted by molar-refractivity contribution is 0.0418. The van der Waals surface area contributed by atoms with Crippen LogP contribution in [0.2, 0.25) is 0 Å². The number of nitrogens with one attached hydrogen (secondary N) is 1. The standard InChI is InChI=1S/C14H28N2/c1-11-10-12(15-4)7-9-16(11)13-6-5-8-14(13,2)3/h11-13,15H,5-10H2,1-4H3. The average molecular weight is 224 g/mol. The molecule has 0 bridgehead atoms. The predicted molar refractivity (Wildman–Crippen MR) is 69.7 cm³/mol. The van der Waals surface area contributed by atoms with Crippen LogP contribution in [-0.2, 0) is 0 Å². The van der Waals surface area contributed by atoms with Crippen molar-refractivity contribution in [1.29, 1.82) is 0 Å². The van der Waals surface area contributed by atoms with E-state index >= 15 is 0 Å². The molecule has 16 heavy (non-hydrogen) atoms. The SMILES string of the molecule is CNC1CCN(C2CCCC2(C)C)C(C)C1. The molecule has 1 aliphatic carbocycles. The van der Waals surface area contributed by atoms with Crippen molar-refractivity contribution >= 4 is 0 Å². The third kappa shape index (κ3) is 2.28. The van der Waals surface area contributed by atoms with Gasteiger partial charge in [0.05, 0.1) is 0 Å². The summed E-state index contributed by atoms with van der Waals surface area (Å²) >= 11 is 0. The van der Waals surface area contributed by atoms with Gasteiger partial charge in [-0.15, -0.1) is 0 Å². The summed E-state index contributed by atoms with van der Waals surface area (Å²) in [5.41, 5.74) is 0.542. The van der Waals surface area contributed by atoms with Crippen LogP contribution in [0, 0.1) is 5.41 Å². The van der Waals surface area contributed by atoms with Crippen LogP contribution in [0.1, 0.15) is 52.9 Å². The Morgan fingerprint density at radius 2 is 2.00 bits per heavy atom. The van der Waals surface area contributed by atoms with Crippen molar-refractivity contribution in [3.05, 3.63) is 0 Å². The molecule has 0 aromatic carbocycles. The quantitative estimate of drug-likeness (QED) is 0.776. The van der Waals surface area contributed by atoms with Crippen LogP contribution in [0.25, 0.3) is 0 Å². The van der Waals surface area contributed by atoms with E-state index in [4.69, 9.17) is 0 Å². The van der Waals surface area contributed by atoms with Crippen molar-refractivity contribution in [2.75, 3.05) is 13.6 Å². The van der Waals surface area contributed by atoms with Gasteiger partial charge in [-0.1, -0.05) is 20.3 Å². The molecule has 0 amide bonds. The Balaban J connectivity index is 2.00. The largest absolute Gasteiger partial charge is 0.317 e. The lowest BCUT2D eigenvalue weighted by Crippen LogP contribution is -2.53. The molecule has 1 N–H and O–H groups in total. The zero-order chi connectivity index (χ0) is 11.8. The van der Waals surface area contributed by atoms with Crippen molar-refractivity contribution in [3.8, 4) is 0 Å². The van der Waals surface area contributed by atoms with Gasteiger partial charge < -0.3 is 5.32 Å². The minimum Gasteiger partial charge on any atom is -0.317 e. The maximum atomic E-state index is 3.44. The number of piperidine rings is 1. The molecule has 94 valence electrons. The molecule has 1 saturated heterocycles. The van der Waals surface area contributed by atoms with Gasteiger partial charge in [-0.05, 0) is 45.1 Å². The fourth-order valence-corrected chi connectivity index (χ4v) is 3.84. The molecule has 2 nitrogen and oxygen atoms in total. The molecule has 2 rings (SSSR count). The number of hydrogen-bond donors (Lipinski definition) is 1. The highest BCUT2D eigenvalue weighted by atomic mass is 15.2. The third-order valence-corrected chi connectivity index (χ3v) is 4.94. The van der Waals surface area contributed by atoms with E-state index < -0.39 is 0 Å². The van der Waals surface area contributed by atoms with Crippen molar-refractivity contribution in [1.82, 2.24) is 10.2 Å². The highest BCUT2D eigenvalue weighted by Gasteiger charge is 2.41. The summed E-state index contributed by atoms with van der Waals surface area (Å²) in [4.78, 5) is 2.79. The van der Waals surface area contributed by atoms with E-state index in [0.717, 1.165) is 18.1 Å². The molecule has 2 heteroatoms. The molecular weight excluding hydrogens is 196 g/mol. The normalized spacial score (nSPS) is 40.1. The molecule has 0 aromatic rings. The smallest absolute Gasteiger partial charge is 0.0149 e. The van der Waals surface area contributed by atoms with Gasteiger partial charge in [-0.2, -0.15) is 0 Å². The van der Waals surface area contributed by atoms with Gasteiger partial charge in [0.2, 0.25) is 0 Å². The second-order valence-corrected chi connectivity index (χ2v) is 6.49. The van der Waals surface area contributed by atoms with Crippen LogP contribution < -0.4 is 5.32 Å². The van der Waals surface area contributed by atoms with E-state index in [2.05, 4.69) is 38.0 Å². The van der Waals surface area contributed by atoms with Gasteiger partial charge >= 0.3 is 0 Å². The lowest BCUT2D eigenvalue weighted by atomic mass is 9.84. The van der Waals surface area contributed by atoms with Crippen molar-refractivity contribution < 1.29 is 0 Å². The van der Waals surface area contributed by atoms with Gasteiger partial charge in [-0.3, -0.25) is 4.90 Å². The molecule has 0 aromatic heterocycles. The Bertz CT molecular complexity index is 237. The first-order valence-electron chi connectivity index (χ1n) is 6.97. The number of nitrogens with zero attached hydrogens (tertiary/aromatic N) is 1. The molecule has 1 heterocycles. The van der Waals surface area contributed by atoms with Crippen LogP contribution in [0.4, 0.5) is 0 Å². The van der Waals surface area contributed by atoms with Crippen molar-refractivity contribution in [2.24, 2.45) is 5.41 Å². The summed E-state index contributed by atoms with van der Waals surface area (Å²) in [7, 11) is 2.10. The summed E-state index contributed by atoms with van der Waals surface area (Å²) in [6.07, 6.45) is 6.91. The molecule has 1 saturated carbocycles. The Morgan fingerprint density at radius 1 is 1.25 bits per heavy atom. The maximum absolute atomic E-state index is 3.44. The first-order chi connectivity index (χ1) is 7.54. The van der Waals surface area contributed by atoms with Crippen LogP contribution in [0.3, 0.4) is 0 Å². The third-order valence-electron chi connectivity index (χ3n) is 4.94. The Kier molecular flexibility index (Phi) is 3.60. The van der Waals surface area contributed by atoms with E-state index in [1.165, 1.54) is 38.6 Å². The number of likely N-dealkylation sites (tertiary alicyclic amines) is 1. The first kappa shape index (κ1) is 12.4. The van der Waals surface area contributed by atoms with Crippen LogP contribution in [0.5, 0.6) is 0 Å². The van der Waals surface area contributed by atoms with E-state index in [1.807, 2.05) is 0 Å². The Hall–Kier alpha value is -0.0800. The lowest BCUT2D eigenvalue weighted by Gasteiger charge is -2.45. The minimum absolute atomic E-state index is 0.542. The summed E-state index contributed by atoms with van der Waals surface area (Å²) < 4.78 is 0. The van der Waals surface area contributed by atoms with Gasteiger partial charge in [0, 0.05) is 24.7 Å². The van der Waals surface area contributed by atoms with E-state index in [1.54, 1.807) is 0 Å². The Morgan fingerprint density at radius 3 is 2.50 bits per heavy atom. The van der Waals surface area contributed by atoms with Crippen LogP contribution in [0.15, 0.2) is 0 Å². The predicted octanol–water partition coefficient (Wildman–Crippen LogP) is 2.64. The van der Waals surface area contributed by atoms with Crippen molar-refractivity contribution in [3.63, 3.8) is 0 Å². The molecule has 0 spiro atoms. The van der Waals surface area contributed by atoms with Crippen molar-refractivity contribution in [2.45, 2.75) is 71.0 Å². The molecule has 3 atom stereocenters. The van der Waals surface area contributed by atoms with E-state index in [0.29, 0.717) is 5.41 Å². The molecule has 2 aliphatic rings. The monoisotopic (exact) mass is 224 g/mol. The second-order valence-electron chi connectivity index (χ2n) is 6.49. The molecule has 3 unspecified atom stereocenters. The van der Waals surface area contributed by atoms with Crippen LogP contribution >= 0.6 is 0 Å². The second kappa shape index (κ2) is 4.66. The van der Waals surface area contributed by atoms with E-state index in [9.17, 15) is 0 Å². The topological polar surface area (TPSA) is 15.3 Å². The molecule has 2 fully saturated rings. The first-order valence-corrected chi connectivity index (χ1v) is 6.97. The number of hydrogen-bond acceptors (Lipinski definition) is 2. The minimum atomic E-state index is 0.542. The number of rotatable bonds is 2. The van der Waals surface area contributed by atoms with E-state index in [-0.39, 0.29) is 0 Å². The summed E-state index contributed by atoms with van der Waals surface area (Å²) in [6.45, 7) is 8.63. The Labute approximate surface area is 101 Å². The van der Waals surface area contributed by atoms with Gasteiger partial charge in [0.25, 0.3) is 0 Å². The molecular formula is C14H28N2. The van der Waals surface area contributed by atoms with Gasteiger partial charge in [0.1, 0.15) is 0 Å². The highest BCUT2D eigenvalue weighted by molar-refractivity contribution is 4.96. The molecule has 0 radical (unpaired) electrons. The summed E-state index contributed by atoms with van der Waals surface area (Å²) in [5, 5.41) is 3.44. The van der Waals surface area contributed by atoms with Gasteiger partial charge in [-0.25, -0.2) is 0 Å². The van der Waals surface area contributed by atoms with Crippen LogP contribution in [-0.4, -0.2) is 36.6 Å². The summed E-state index contributed by atoms with van der Waals surface area (Å²) in [5.74, 6) is 0. The zero-order valence-corrected chi connectivity index (χ0v) is 11.4. The van der Waals surface area contributed by atoms with Gasteiger partial charge in [0.15, 0.2) is 0 Å². The highest BCUT2D eigenvalue weighted by Crippen LogP contribution is 2.42.